The lowest BCUT2D eigenvalue weighted by Gasteiger charge is -1.53. The second-order valence-corrected chi connectivity index (χ2v) is 0.671. The van der Waals surface area contributed by atoms with E-state index >= 15 is 0 Å². The lowest BCUT2D eigenvalue weighted by atomic mass is 12.0. The van der Waals surface area contributed by atoms with Gasteiger partial charge in [-0.1, -0.05) is 7.43 Å². The summed E-state index contributed by atoms with van der Waals surface area (Å²) in [6.45, 7) is 1.71. The van der Waals surface area contributed by atoms with Crippen LogP contribution in [0.5, 0.6) is 0 Å². The molecular formula is C2H9OP. The molecule has 1 nitrogen and oxygen atoms in total. The third-order valence-electron chi connectivity index (χ3n) is 0. The summed E-state index contributed by atoms with van der Waals surface area (Å²) in [6, 6.07) is 0. The summed E-state index contributed by atoms with van der Waals surface area (Å²) in [5, 5.41) is 0. The van der Waals surface area contributed by atoms with Crippen LogP contribution in [0.15, 0.2) is 0 Å². The van der Waals surface area contributed by atoms with E-state index in [9.17, 15) is 0 Å². The predicted molar refractivity (Wildman–Crippen MR) is 23.2 cm³/mol. The van der Waals surface area contributed by atoms with Crippen LogP contribution in [0.3, 0.4) is 0 Å². The fourth-order valence-corrected chi connectivity index (χ4v) is 0. The first-order valence-electron chi connectivity index (χ1n) is 0.724. The summed E-state index contributed by atoms with van der Waals surface area (Å²) >= 11 is 0. The van der Waals surface area contributed by atoms with Gasteiger partial charge >= 0.3 is 0 Å². The normalized spacial score (nSPS) is 7.50. The van der Waals surface area contributed by atoms with Crippen LogP contribution < -0.4 is 0 Å². The molecule has 0 spiro atoms. The highest BCUT2D eigenvalue weighted by Crippen LogP contribution is 1.83. The van der Waals surface area contributed by atoms with Crippen LogP contribution in [0, 0.1) is 0 Å². The van der Waals surface area contributed by atoms with Crippen molar-refractivity contribution in [2.45, 2.75) is 7.43 Å². The van der Waals surface area contributed by atoms with E-state index in [1.165, 1.54) is 0 Å². The SMILES string of the molecule is C.CPO. The molecule has 1 unspecified atom stereocenters. The quantitative estimate of drug-likeness (QED) is 0.427. The number of rotatable bonds is 0. The Labute approximate surface area is 28.9 Å². The third-order valence-corrected chi connectivity index (χ3v) is 0. The summed E-state index contributed by atoms with van der Waals surface area (Å²) in [5.41, 5.74) is 0. The Hall–Kier alpha value is 0.390. The van der Waals surface area contributed by atoms with Gasteiger partial charge in [0, 0.05) is 8.81 Å². The van der Waals surface area contributed by atoms with E-state index in [2.05, 4.69) is 0 Å². The molecular weight excluding hydrogens is 71.0 g/mol. The largest absolute Gasteiger partial charge is 0.377 e. The highest BCUT2D eigenvalue weighted by Gasteiger charge is 1.33. The Kier molecular flexibility index (Phi) is 22.1. The topological polar surface area (TPSA) is 20.2 Å². The maximum Gasteiger partial charge on any atom is 0.00749 e. The van der Waals surface area contributed by atoms with Crippen molar-refractivity contribution < 1.29 is 4.89 Å². The molecule has 0 amide bonds. The van der Waals surface area contributed by atoms with Crippen LogP contribution in [-0.4, -0.2) is 11.6 Å². The van der Waals surface area contributed by atoms with Gasteiger partial charge in [0.2, 0.25) is 0 Å². The standard InChI is InChI=1S/CH5OP.CH4/c1-3-2;/h2-3H,1H3;1H4. The van der Waals surface area contributed by atoms with E-state index in [0.29, 0.717) is 0 Å². The highest BCUT2D eigenvalue weighted by atomic mass is 31.1. The molecule has 0 saturated carbocycles. The lowest BCUT2D eigenvalue weighted by molar-refractivity contribution is 0.651. The Bertz CT molecular complexity index is 6.00. The van der Waals surface area contributed by atoms with Gasteiger partial charge in [0.05, 0.1) is 0 Å². The molecule has 0 aromatic rings. The van der Waals surface area contributed by atoms with Gasteiger partial charge < -0.3 is 4.89 Å². The van der Waals surface area contributed by atoms with Crippen LogP contribution in [0.1, 0.15) is 7.43 Å². The lowest BCUT2D eigenvalue weighted by Crippen LogP contribution is -1.21. The molecule has 4 heavy (non-hydrogen) atoms. The molecule has 1 N–H and O–H groups in total. The summed E-state index contributed by atoms with van der Waals surface area (Å²) in [6.07, 6.45) is 0. The van der Waals surface area contributed by atoms with E-state index in [-0.39, 0.29) is 16.2 Å². The van der Waals surface area contributed by atoms with Gasteiger partial charge in [-0.2, -0.15) is 0 Å². The molecule has 0 aliphatic rings. The molecule has 2 heteroatoms. The first kappa shape index (κ1) is 8.83. The second-order valence-electron chi connectivity index (χ2n) is 0.224. The van der Waals surface area contributed by atoms with Gasteiger partial charge in [-0.3, -0.25) is 0 Å². The van der Waals surface area contributed by atoms with Gasteiger partial charge in [-0.05, 0) is 6.66 Å². The summed E-state index contributed by atoms with van der Waals surface area (Å²) in [5.74, 6) is 0. The zero-order chi connectivity index (χ0) is 2.71. The van der Waals surface area contributed by atoms with Crippen molar-refractivity contribution in [3.63, 3.8) is 0 Å². The molecule has 0 radical (unpaired) electrons. The van der Waals surface area contributed by atoms with Crippen LogP contribution in [0.25, 0.3) is 0 Å². The Morgan fingerprint density at radius 1 is 1.75 bits per heavy atom. The first-order valence-corrected chi connectivity index (χ1v) is 2.17. The maximum absolute atomic E-state index is 7.60. The average molecular weight is 80.1 g/mol. The van der Waals surface area contributed by atoms with Crippen molar-refractivity contribution >= 4 is 8.81 Å². The molecule has 0 bridgehead atoms. The Morgan fingerprint density at radius 3 is 1.75 bits per heavy atom. The van der Waals surface area contributed by atoms with Gasteiger partial charge in [-0.15, -0.1) is 0 Å². The van der Waals surface area contributed by atoms with Crippen molar-refractivity contribution in [3.8, 4) is 0 Å². The molecule has 0 aromatic heterocycles. The van der Waals surface area contributed by atoms with Crippen molar-refractivity contribution in [1.29, 1.82) is 0 Å². The minimum atomic E-state index is 0. The van der Waals surface area contributed by atoms with Gasteiger partial charge in [0.1, 0.15) is 0 Å². The van der Waals surface area contributed by atoms with E-state index < -0.39 is 0 Å². The molecule has 0 aliphatic heterocycles. The van der Waals surface area contributed by atoms with E-state index in [1.807, 2.05) is 0 Å². The van der Waals surface area contributed by atoms with Gasteiger partial charge in [0.15, 0.2) is 0 Å². The van der Waals surface area contributed by atoms with Crippen LogP contribution in [-0.2, 0) is 0 Å². The molecule has 0 aromatic carbocycles. The molecule has 0 heterocycles. The number of hydrogen-bond donors (Lipinski definition) is 1. The fourth-order valence-electron chi connectivity index (χ4n) is 0. The first-order chi connectivity index (χ1) is 1.41. The third kappa shape index (κ3) is 30.4. The van der Waals surface area contributed by atoms with Crippen LogP contribution >= 0.6 is 8.81 Å². The minimum Gasteiger partial charge on any atom is -0.377 e. The molecule has 1 atom stereocenters. The highest BCUT2D eigenvalue weighted by molar-refractivity contribution is 7.29. The molecule has 0 aliphatic carbocycles. The van der Waals surface area contributed by atoms with Crippen molar-refractivity contribution in [1.82, 2.24) is 0 Å². The van der Waals surface area contributed by atoms with Crippen molar-refractivity contribution in [2.24, 2.45) is 0 Å². The fraction of sp³-hybridized carbons (Fsp3) is 1.00. The minimum absolute atomic E-state index is 0. The zero-order valence-electron chi connectivity index (χ0n) is 1.95. The second kappa shape index (κ2) is 10.0. The Morgan fingerprint density at radius 2 is 1.75 bits per heavy atom. The molecule has 0 fully saturated rings. The summed E-state index contributed by atoms with van der Waals surface area (Å²) < 4.78 is 0. The van der Waals surface area contributed by atoms with Gasteiger partial charge in [0.25, 0.3) is 0 Å². The van der Waals surface area contributed by atoms with E-state index in [0.717, 1.165) is 0 Å². The molecule has 0 rings (SSSR count). The van der Waals surface area contributed by atoms with Crippen LogP contribution in [0.2, 0.25) is 0 Å². The van der Waals surface area contributed by atoms with Crippen molar-refractivity contribution in [2.75, 3.05) is 6.66 Å². The van der Waals surface area contributed by atoms with Crippen molar-refractivity contribution in [3.05, 3.63) is 0 Å². The number of hydrogen-bond acceptors (Lipinski definition) is 1. The van der Waals surface area contributed by atoms with Gasteiger partial charge in [-0.25, -0.2) is 0 Å². The summed E-state index contributed by atoms with van der Waals surface area (Å²) in [7, 11) is 0.0833. The predicted octanol–water partition coefficient (Wildman–Crippen LogP) is 0.838. The average Bonchev–Trinajstić information content (AvgIpc) is 0.918. The monoisotopic (exact) mass is 80.0 g/mol. The smallest absolute Gasteiger partial charge is 0.00749 e. The van der Waals surface area contributed by atoms with Crippen LogP contribution in [0.4, 0.5) is 0 Å². The van der Waals surface area contributed by atoms with E-state index in [4.69, 9.17) is 4.89 Å². The molecule has 28 valence electrons. The van der Waals surface area contributed by atoms with E-state index in [1.54, 1.807) is 6.66 Å². The maximum atomic E-state index is 7.60. The molecule has 0 saturated heterocycles. The Balaban J connectivity index is 0. The summed E-state index contributed by atoms with van der Waals surface area (Å²) in [4.78, 5) is 7.60. The zero-order valence-corrected chi connectivity index (χ0v) is 2.95.